The molecule has 4 heterocycles. The SMILES string of the molecule is CCC1(O)C(=O)OCc2c1cc1n(c2=O)Cc2cc3c(C(N)C4CC4)c(O)ccc3nc2-1.Cl. The molecule has 3 aromatic rings. The van der Waals surface area contributed by atoms with E-state index in [0.717, 1.165) is 23.8 Å². The molecule has 0 amide bonds. The van der Waals surface area contributed by atoms with Crippen molar-refractivity contribution < 1.29 is 19.7 Å². The second-order valence-electron chi connectivity index (χ2n) is 9.03. The van der Waals surface area contributed by atoms with Gasteiger partial charge in [-0.25, -0.2) is 9.78 Å². The molecule has 3 aliphatic rings. The molecular formula is C24H24ClN3O5. The number of aromatic nitrogens is 2. The molecule has 1 saturated carbocycles. The number of halogens is 1. The maximum atomic E-state index is 13.3. The van der Waals surface area contributed by atoms with Crippen molar-refractivity contribution in [1.29, 1.82) is 0 Å². The zero-order valence-electron chi connectivity index (χ0n) is 18.0. The number of carbonyl (C=O) groups is 1. The molecule has 0 radical (unpaired) electrons. The summed E-state index contributed by atoms with van der Waals surface area (Å²) in [6.07, 6.45) is 2.19. The lowest BCUT2D eigenvalue weighted by atomic mass is 9.86. The van der Waals surface area contributed by atoms with Gasteiger partial charge in [-0.15, -0.1) is 12.4 Å². The second kappa shape index (κ2) is 7.28. The van der Waals surface area contributed by atoms with Crippen LogP contribution in [0, 0.1) is 5.92 Å². The average Bonchev–Trinajstić information content (AvgIpc) is 3.57. The Morgan fingerprint density at radius 2 is 2.06 bits per heavy atom. The Balaban J connectivity index is 0.00000228. The first kappa shape index (κ1) is 21.9. The highest BCUT2D eigenvalue weighted by molar-refractivity contribution is 5.89. The molecule has 2 unspecified atom stereocenters. The van der Waals surface area contributed by atoms with Crippen molar-refractivity contribution in [2.45, 2.75) is 51.0 Å². The Hall–Kier alpha value is -2.94. The number of nitrogens with two attached hydrogens (primary N) is 1. The molecular weight excluding hydrogens is 446 g/mol. The van der Waals surface area contributed by atoms with E-state index in [4.69, 9.17) is 15.5 Å². The topological polar surface area (TPSA) is 128 Å². The number of pyridine rings is 2. The Morgan fingerprint density at radius 3 is 2.76 bits per heavy atom. The summed E-state index contributed by atoms with van der Waals surface area (Å²) in [6, 6.07) is 6.74. The second-order valence-corrected chi connectivity index (χ2v) is 9.03. The Labute approximate surface area is 195 Å². The molecule has 0 bridgehead atoms. The predicted molar refractivity (Wildman–Crippen MR) is 123 cm³/mol. The zero-order valence-corrected chi connectivity index (χ0v) is 18.8. The third kappa shape index (κ3) is 2.94. The number of carbonyl (C=O) groups excluding carboxylic acids is 1. The van der Waals surface area contributed by atoms with Crippen LogP contribution in [0.5, 0.6) is 5.75 Å². The van der Waals surface area contributed by atoms with Gasteiger partial charge in [0.05, 0.1) is 29.0 Å². The molecule has 4 N–H and O–H groups in total. The highest BCUT2D eigenvalue weighted by Gasteiger charge is 2.45. The molecule has 33 heavy (non-hydrogen) atoms. The van der Waals surface area contributed by atoms with E-state index in [-0.39, 0.29) is 42.8 Å². The minimum absolute atomic E-state index is 0. The van der Waals surface area contributed by atoms with Crippen molar-refractivity contribution in [3.8, 4) is 17.1 Å². The van der Waals surface area contributed by atoms with Gasteiger partial charge >= 0.3 is 5.97 Å². The number of hydrogen-bond donors (Lipinski definition) is 3. The number of nitrogens with zero attached hydrogens (tertiary/aromatic N) is 2. The first-order chi connectivity index (χ1) is 15.3. The summed E-state index contributed by atoms with van der Waals surface area (Å²) in [5.41, 5.74) is 8.29. The van der Waals surface area contributed by atoms with Crippen LogP contribution < -0.4 is 11.3 Å². The highest BCUT2D eigenvalue weighted by atomic mass is 35.5. The van der Waals surface area contributed by atoms with Gasteiger partial charge in [0, 0.05) is 28.1 Å². The smallest absolute Gasteiger partial charge is 0.343 e. The van der Waals surface area contributed by atoms with Crippen LogP contribution >= 0.6 is 12.4 Å². The molecule has 6 rings (SSSR count). The first-order valence-corrected chi connectivity index (χ1v) is 10.9. The normalized spacial score (nSPS) is 21.6. The lowest BCUT2D eigenvalue weighted by Crippen LogP contribution is -2.44. The zero-order chi connectivity index (χ0) is 22.4. The summed E-state index contributed by atoms with van der Waals surface area (Å²) >= 11 is 0. The van der Waals surface area contributed by atoms with Gasteiger partial charge in [0.25, 0.3) is 5.56 Å². The van der Waals surface area contributed by atoms with Gasteiger partial charge in [0.15, 0.2) is 5.60 Å². The van der Waals surface area contributed by atoms with E-state index in [2.05, 4.69) is 0 Å². The molecule has 9 heteroatoms. The molecule has 2 aromatic heterocycles. The Kier molecular flexibility index (Phi) is 4.83. The van der Waals surface area contributed by atoms with Crippen molar-refractivity contribution in [1.82, 2.24) is 9.55 Å². The summed E-state index contributed by atoms with van der Waals surface area (Å²) in [4.78, 5) is 30.4. The van der Waals surface area contributed by atoms with Crippen LogP contribution in [-0.2, 0) is 28.3 Å². The molecule has 8 nitrogen and oxygen atoms in total. The monoisotopic (exact) mass is 469 g/mol. The maximum absolute atomic E-state index is 13.3. The summed E-state index contributed by atoms with van der Waals surface area (Å²) < 4.78 is 6.72. The highest BCUT2D eigenvalue weighted by Crippen LogP contribution is 2.45. The van der Waals surface area contributed by atoms with Gasteiger partial charge in [0.2, 0.25) is 0 Å². The van der Waals surface area contributed by atoms with Crippen molar-refractivity contribution in [2.24, 2.45) is 11.7 Å². The minimum Gasteiger partial charge on any atom is -0.508 e. The van der Waals surface area contributed by atoms with E-state index in [1.807, 2.05) is 6.07 Å². The van der Waals surface area contributed by atoms with Crippen molar-refractivity contribution in [3.05, 3.63) is 56.9 Å². The number of benzene rings is 1. The van der Waals surface area contributed by atoms with Gasteiger partial charge in [-0.3, -0.25) is 4.79 Å². The maximum Gasteiger partial charge on any atom is 0.343 e. The summed E-state index contributed by atoms with van der Waals surface area (Å²) in [7, 11) is 0. The number of aromatic hydroxyl groups is 1. The third-order valence-corrected chi connectivity index (χ3v) is 7.17. The number of esters is 1. The van der Waals surface area contributed by atoms with E-state index in [1.165, 1.54) is 0 Å². The van der Waals surface area contributed by atoms with Crippen LogP contribution in [0.1, 0.15) is 54.5 Å². The van der Waals surface area contributed by atoms with Gasteiger partial charge in [-0.1, -0.05) is 6.92 Å². The van der Waals surface area contributed by atoms with Crippen LogP contribution in [0.3, 0.4) is 0 Å². The van der Waals surface area contributed by atoms with Gasteiger partial charge in [0.1, 0.15) is 12.4 Å². The predicted octanol–water partition coefficient (Wildman–Crippen LogP) is 2.62. The molecule has 172 valence electrons. The van der Waals surface area contributed by atoms with Crippen LogP contribution in [0.25, 0.3) is 22.3 Å². The van der Waals surface area contributed by atoms with Gasteiger partial charge in [-0.05, 0) is 49.4 Å². The summed E-state index contributed by atoms with van der Waals surface area (Å²) in [6.45, 7) is 1.83. The third-order valence-electron chi connectivity index (χ3n) is 7.17. The van der Waals surface area contributed by atoms with Crippen LogP contribution in [-0.4, -0.2) is 25.7 Å². The largest absolute Gasteiger partial charge is 0.508 e. The number of phenolic OH excluding ortho intramolecular Hbond substituents is 1. The fourth-order valence-electron chi connectivity index (χ4n) is 5.10. The molecule has 2 aliphatic heterocycles. The Bertz CT molecular complexity index is 1400. The van der Waals surface area contributed by atoms with E-state index < -0.39 is 11.6 Å². The number of hydrogen-bond acceptors (Lipinski definition) is 7. The molecule has 0 spiro atoms. The van der Waals surface area contributed by atoms with E-state index >= 15 is 0 Å². The lowest BCUT2D eigenvalue weighted by molar-refractivity contribution is -0.172. The first-order valence-electron chi connectivity index (χ1n) is 10.9. The number of cyclic esters (lactones) is 1. The average molecular weight is 470 g/mol. The summed E-state index contributed by atoms with van der Waals surface area (Å²) in [5.74, 6) is -0.225. The lowest BCUT2D eigenvalue weighted by Gasteiger charge is -2.31. The molecule has 1 fully saturated rings. The van der Waals surface area contributed by atoms with Gasteiger partial charge in [-0.2, -0.15) is 0 Å². The van der Waals surface area contributed by atoms with E-state index in [0.29, 0.717) is 46.1 Å². The number of ether oxygens (including phenoxy) is 1. The van der Waals surface area contributed by atoms with Gasteiger partial charge < -0.3 is 25.3 Å². The quantitative estimate of drug-likeness (QED) is 0.393. The number of phenols is 1. The van der Waals surface area contributed by atoms with Crippen molar-refractivity contribution >= 4 is 29.3 Å². The summed E-state index contributed by atoms with van der Waals surface area (Å²) in [5, 5.41) is 22.3. The van der Waals surface area contributed by atoms with Crippen molar-refractivity contribution in [3.63, 3.8) is 0 Å². The standard InChI is InChI=1S/C24H23N3O5.ClH/c1-2-24(31)15-8-17-21-12(9-27(17)22(29)14(15)10-32-23(24)30)7-13-16(26-21)5-6-18(28)19(13)20(25)11-3-4-11;/h5-8,11,20,28,31H,2-4,9-10,25H2,1H3;1H. The van der Waals surface area contributed by atoms with Crippen LogP contribution in [0.15, 0.2) is 29.1 Å². The fraction of sp³-hybridized carbons (Fsp3) is 0.375. The van der Waals surface area contributed by atoms with Crippen molar-refractivity contribution in [2.75, 3.05) is 0 Å². The number of rotatable bonds is 3. The van der Waals surface area contributed by atoms with E-state index in [1.54, 1.807) is 29.7 Å². The molecule has 1 aromatic carbocycles. The Morgan fingerprint density at radius 1 is 1.30 bits per heavy atom. The molecule has 2 atom stereocenters. The minimum atomic E-state index is -1.85. The van der Waals surface area contributed by atoms with Crippen LogP contribution in [0.4, 0.5) is 0 Å². The van der Waals surface area contributed by atoms with E-state index in [9.17, 15) is 19.8 Å². The fourth-order valence-corrected chi connectivity index (χ4v) is 5.10. The number of fused-ring (bicyclic) bond motifs is 5. The molecule has 1 aliphatic carbocycles. The number of aliphatic hydroxyl groups is 1. The molecule has 0 saturated heterocycles. The van der Waals surface area contributed by atoms with Crippen LogP contribution in [0.2, 0.25) is 0 Å².